The highest BCUT2D eigenvalue weighted by atomic mass is 79.9. The molecule has 0 saturated heterocycles. The monoisotopic (exact) mass is 344 g/mol. The molecule has 4 nitrogen and oxygen atoms in total. The van der Waals surface area contributed by atoms with Crippen LogP contribution >= 0.6 is 15.9 Å². The quantitative estimate of drug-likeness (QED) is 0.787. The maximum absolute atomic E-state index is 5.88. The minimum atomic E-state index is 0.147. The average molecular weight is 345 g/mol. The van der Waals surface area contributed by atoms with Crippen molar-refractivity contribution < 1.29 is 0 Å². The van der Waals surface area contributed by atoms with Crippen molar-refractivity contribution in [2.45, 2.75) is 54.1 Å². The van der Waals surface area contributed by atoms with Gasteiger partial charge in [-0.05, 0) is 54.7 Å². The molecule has 0 aliphatic carbocycles. The number of hydrogen-bond donors (Lipinski definition) is 1. The Morgan fingerprint density at radius 1 is 1.35 bits per heavy atom. The van der Waals surface area contributed by atoms with Gasteiger partial charge in [0.1, 0.15) is 0 Å². The number of halogens is 1. The average Bonchev–Trinajstić information content (AvgIpc) is 2.66. The molecule has 0 aliphatic rings. The summed E-state index contributed by atoms with van der Waals surface area (Å²) in [7, 11) is 0. The van der Waals surface area contributed by atoms with Crippen molar-refractivity contribution in [3.63, 3.8) is 0 Å². The normalized spacial score (nSPS) is 12.4. The van der Waals surface area contributed by atoms with E-state index in [-0.39, 0.29) is 5.41 Å². The number of nitrogens with two attached hydrogens (primary N) is 1. The predicted octanol–water partition coefficient (Wildman–Crippen LogP) is 3.17. The highest BCUT2D eigenvalue weighted by molar-refractivity contribution is 9.10. The van der Waals surface area contributed by atoms with E-state index in [1.807, 2.05) is 6.92 Å². The fraction of sp³-hybridized carbons (Fsp3) is 0.800. The van der Waals surface area contributed by atoms with E-state index in [1.54, 1.807) is 0 Å². The molecule has 1 heterocycles. The summed E-state index contributed by atoms with van der Waals surface area (Å²) in [5.74, 6) is 0. The van der Waals surface area contributed by atoms with Crippen LogP contribution in [0.15, 0.2) is 4.47 Å². The van der Waals surface area contributed by atoms with E-state index >= 15 is 0 Å². The van der Waals surface area contributed by atoms with Gasteiger partial charge in [-0.1, -0.05) is 20.8 Å². The zero-order valence-corrected chi connectivity index (χ0v) is 15.1. The molecule has 116 valence electrons. The van der Waals surface area contributed by atoms with Crippen LogP contribution in [-0.2, 0) is 13.1 Å². The fourth-order valence-electron chi connectivity index (χ4n) is 2.43. The van der Waals surface area contributed by atoms with Crippen molar-refractivity contribution in [2.24, 2.45) is 11.1 Å². The van der Waals surface area contributed by atoms with Crippen molar-refractivity contribution >= 4 is 15.9 Å². The summed E-state index contributed by atoms with van der Waals surface area (Å²) >= 11 is 3.68. The second-order valence-corrected chi connectivity index (χ2v) is 7.03. The second kappa shape index (κ2) is 7.57. The summed E-state index contributed by atoms with van der Waals surface area (Å²) in [6.45, 7) is 15.5. The second-order valence-electron chi connectivity index (χ2n) is 6.24. The van der Waals surface area contributed by atoms with Gasteiger partial charge in [0, 0.05) is 19.6 Å². The number of aromatic nitrogens is 2. The van der Waals surface area contributed by atoms with Gasteiger partial charge in [0.15, 0.2) is 0 Å². The third kappa shape index (κ3) is 4.57. The SMILES string of the molecule is CCCN(Cc1c(Br)c(C)nn1CC)CC(C)(C)CN. The predicted molar refractivity (Wildman–Crippen MR) is 88.7 cm³/mol. The lowest BCUT2D eigenvalue weighted by atomic mass is 9.93. The molecule has 0 fully saturated rings. The minimum Gasteiger partial charge on any atom is -0.330 e. The Bertz CT molecular complexity index is 426. The molecule has 0 amide bonds. The van der Waals surface area contributed by atoms with Crippen LogP contribution < -0.4 is 5.73 Å². The van der Waals surface area contributed by atoms with E-state index in [2.05, 4.69) is 58.3 Å². The van der Waals surface area contributed by atoms with E-state index in [1.165, 1.54) is 5.69 Å². The third-order valence-electron chi connectivity index (χ3n) is 3.57. The van der Waals surface area contributed by atoms with E-state index in [0.717, 1.165) is 42.8 Å². The topological polar surface area (TPSA) is 47.1 Å². The fourth-order valence-corrected chi connectivity index (χ4v) is 2.84. The first-order chi connectivity index (χ1) is 9.34. The largest absolute Gasteiger partial charge is 0.330 e. The molecule has 1 rings (SSSR count). The summed E-state index contributed by atoms with van der Waals surface area (Å²) in [5, 5.41) is 4.58. The van der Waals surface area contributed by atoms with Crippen molar-refractivity contribution in [3.05, 3.63) is 15.9 Å². The van der Waals surface area contributed by atoms with Crippen LogP contribution in [0.3, 0.4) is 0 Å². The lowest BCUT2D eigenvalue weighted by Gasteiger charge is -2.31. The maximum Gasteiger partial charge on any atom is 0.0739 e. The van der Waals surface area contributed by atoms with Gasteiger partial charge in [-0.3, -0.25) is 9.58 Å². The van der Waals surface area contributed by atoms with Crippen LogP contribution in [0.4, 0.5) is 0 Å². The lowest BCUT2D eigenvalue weighted by molar-refractivity contribution is 0.171. The standard InChI is InChI=1S/C15H29BrN4/c1-6-8-19(11-15(4,5)10-17)9-13-14(16)12(3)18-20(13)7-2/h6-11,17H2,1-5H3. The van der Waals surface area contributed by atoms with Crippen LogP contribution in [0.25, 0.3) is 0 Å². The van der Waals surface area contributed by atoms with Gasteiger partial charge in [0.05, 0.1) is 15.9 Å². The Labute approximate surface area is 131 Å². The van der Waals surface area contributed by atoms with E-state index in [9.17, 15) is 0 Å². The number of rotatable bonds is 8. The first kappa shape index (κ1) is 17.7. The highest BCUT2D eigenvalue weighted by Gasteiger charge is 2.22. The maximum atomic E-state index is 5.88. The van der Waals surface area contributed by atoms with Gasteiger partial charge in [0.25, 0.3) is 0 Å². The molecule has 0 saturated carbocycles. The van der Waals surface area contributed by atoms with E-state index in [0.29, 0.717) is 6.54 Å². The molecule has 5 heteroatoms. The molecular weight excluding hydrogens is 316 g/mol. The Kier molecular flexibility index (Phi) is 6.69. The Morgan fingerprint density at radius 2 is 2.00 bits per heavy atom. The van der Waals surface area contributed by atoms with Crippen molar-refractivity contribution in [2.75, 3.05) is 19.6 Å². The third-order valence-corrected chi connectivity index (χ3v) is 4.60. The molecule has 0 radical (unpaired) electrons. The first-order valence-corrected chi connectivity index (χ1v) is 8.28. The van der Waals surface area contributed by atoms with Gasteiger partial charge < -0.3 is 5.73 Å². The summed E-state index contributed by atoms with van der Waals surface area (Å²) < 4.78 is 3.24. The van der Waals surface area contributed by atoms with Gasteiger partial charge in [-0.25, -0.2) is 0 Å². The zero-order valence-electron chi connectivity index (χ0n) is 13.5. The van der Waals surface area contributed by atoms with Gasteiger partial charge >= 0.3 is 0 Å². The molecule has 2 N–H and O–H groups in total. The summed E-state index contributed by atoms with van der Waals surface area (Å²) in [6, 6.07) is 0. The van der Waals surface area contributed by atoms with Crippen LogP contribution in [0.2, 0.25) is 0 Å². The molecule has 1 aromatic heterocycles. The van der Waals surface area contributed by atoms with Crippen molar-refractivity contribution in [1.82, 2.24) is 14.7 Å². The number of nitrogens with zero attached hydrogens (tertiary/aromatic N) is 3. The minimum absolute atomic E-state index is 0.147. The van der Waals surface area contributed by atoms with Crippen LogP contribution in [0.5, 0.6) is 0 Å². The molecular formula is C15H29BrN4. The Hall–Kier alpha value is -0.390. The molecule has 0 bridgehead atoms. The van der Waals surface area contributed by atoms with E-state index < -0.39 is 0 Å². The first-order valence-electron chi connectivity index (χ1n) is 7.48. The molecule has 0 aromatic carbocycles. The van der Waals surface area contributed by atoms with Crippen LogP contribution in [-0.4, -0.2) is 34.3 Å². The van der Waals surface area contributed by atoms with Gasteiger partial charge in [-0.2, -0.15) is 5.10 Å². The molecule has 0 spiro atoms. The molecule has 0 unspecified atom stereocenters. The highest BCUT2D eigenvalue weighted by Crippen LogP contribution is 2.24. The Balaban J connectivity index is 2.90. The summed E-state index contributed by atoms with van der Waals surface area (Å²) in [6.07, 6.45) is 1.15. The summed E-state index contributed by atoms with van der Waals surface area (Å²) in [4.78, 5) is 2.49. The van der Waals surface area contributed by atoms with Crippen molar-refractivity contribution in [1.29, 1.82) is 0 Å². The summed E-state index contributed by atoms with van der Waals surface area (Å²) in [5.41, 5.74) is 8.36. The number of hydrogen-bond acceptors (Lipinski definition) is 3. The molecule has 1 aromatic rings. The smallest absolute Gasteiger partial charge is 0.0739 e. The molecule has 0 aliphatic heterocycles. The van der Waals surface area contributed by atoms with Crippen LogP contribution in [0.1, 0.15) is 45.5 Å². The zero-order chi connectivity index (χ0) is 15.3. The molecule has 20 heavy (non-hydrogen) atoms. The lowest BCUT2D eigenvalue weighted by Crippen LogP contribution is -2.39. The van der Waals surface area contributed by atoms with Crippen LogP contribution in [0, 0.1) is 12.3 Å². The Morgan fingerprint density at radius 3 is 2.50 bits per heavy atom. The molecule has 0 atom stereocenters. The van der Waals surface area contributed by atoms with E-state index in [4.69, 9.17) is 5.73 Å². The van der Waals surface area contributed by atoms with Gasteiger partial charge in [-0.15, -0.1) is 0 Å². The van der Waals surface area contributed by atoms with Crippen molar-refractivity contribution in [3.8, 4) is 0 Å². The van der Waals surface area contributed by atoms with Gasteiger partial charge in [0.2, 0.25) is 0 Å². The number of aryl methyl sites for hydroxylation is 2.